The molecule has 0 bridgehead atoms. The molecule has 98 valence electrons. The molecule has 3 nitrogen and oxygen atoms in total. The molecule has 17 heavy (non-hydrogen) atoms. The lowest BCUT2D eigenvalue weighted by Crippen LogP contribution is -2.51. The summed E-state index contributed by atoms with van der Waals surface area (Å²) in [5.74, 6) is 0.888. The largest absolute Gasteiger partial charge is 0.314 e. The maximum absolute atomic E-state index is 3.84. The van der Waals surface area contributed by atoms with E-state index in [1.54, 1.807) is 0 Å². The van der Waals surface area contributed by atoms with Crippen molar-refractivity contribution in [3.8, 4) is 0 Å². The van der Waals surface area contributed by atoms with Crippen LogP contribution in [0.2, 0.25) is 0 Å². The molecule has 3 atom stereocenters. The molecule has 1 aliphatic carbocycles. The molecule has 0 aromatic rings. The Morgan fingerprint density at radius 3 is 2.53 bits per heavy atom. The first-order valence-corrected chi connectivity index (χ1v) is 7.68. The zero-order chi connectivity index (χ0) is 11.5. The van der Waals surface area contributed by atoms with E-state index in [-0.39, 0.29) is 0 Å². The average molecular weight is 237 g/mol. The van der Waals surface area contributed by atoms with Gasteiger partial charge in [-0.2, -0.15) is 0 Å². The van der Waals surface area contributed by atoms with E-state index in [4.69, 9.17) is 0 Å². The quantitative estimate of drug-likeness (QED) is 0.785. The van der Waals surface area contributed by atoms with Gasteiger partial charge in [0.2, 0.25) is 0 Å². The van der Waals surface area contributed by atoms with Gasteiger partial charge in [0.25, 0.3) is 0 Å². The van der Waals surface area contributed by atoms with E-state index >= 15 is 0 Å². The Morgan fingerprint density at radius 1 is 0.882 bits per heavy atom. The topological polar surface area (TPSA) is 27.3 Å². The highest BCUT2D eigenvalue weighted by Crippen LogP contribution is 2.32. The van der Waals surface area contributed by atoms with Gasteiger partial charge in [-0.3, -0.25) is 5.43 Å². The van der Waals surface area contributed by atoms with Gasteiger partial charge in [-0.1, -0.05) is 12.8 Å². The molecular formula is C14H27N3. The van der Waals surface area contributed by atoms with Gasteiger partial charge in [-0.15, -0.1) is 0 Å². The molecule has 2 saturated heterocycles. The fourth-order valence-electron chi connectivity index (χ4n) is 3.97. The zero-order valence-corrected chi connectivity index (χ0v) is 11.0. The monoisotopic (exact) mass is 237 g/mol. The van der Waals surface area contributed by atoms with Crippen LogP contribution in [0, 0.1) is 5.92 Å². The predicted octanol–water partition coefficient (Wildman–Crippen LogP) is 1.90. The third-order valence-electron chi connectivity index (χ3n) is 4.89. The summed E-state index contributed by atoms with van der Waals surface area (Å²) < 4.78 is 0. The Labute approximate surface area is 105 Å². The fourth-order valence-corrected chi connectivity index (χ4v) is 3.97. The Morgan fingerprint density at radius 2 is 1.76 bits per heavy atom. The summed E-state index contributed by atoms with van der Waals surface area (Å²) in [7, 11) is 0. The first-order valence-electron chi connectivity index (χ1n) is 7.68. The van der Waals surface area contributed by atoms with Gasteiger partial charge >= 0.3 is 0 Å². The SMILES string of the molecule is C1CCN(NC2CCCC2C2CCCN2)CC1. The molecule has 1 saturated carbocycles. The highest BCUT2D eigenvalue weighted by atomic mass is 15.5. The molecule has 3 fully saturated rings. The number of nitrogens with one attached hydrogen (secondary N) is 2. The molecule has 3 rings (SSSR count). The van der Waals surface area contributed by atoms with Crippen molar-refractivity contribution < 1.29 is 0 Å². The van der Waals surface area contributed by atoms with Gasteiger partial charge < -0.3 is 5.32 Å². The lowest BCUT2D eigenvalue weighted by Gasteiger charge is -2.34. The van der Waals surface area contributed by atoms with Crippen molar-refractivity contribution in [1.82, 2.24) is 15.8 Å². The molecule has 0 radical (unpaired) electrons. The first kappa shape index (κ1) is 11.9. The lowest BCUT2D eigenvalue weighted by atomic mass is 9.93. The molecule has 0 aromatic heterocycles. The van der Waals surface area contributed by atoms with Crippen molar-refractivity contribution in [2.24, 2.45) is 5.92 Å². The smallest absolute Gasteiger partial charge is 0.0258 e. The van der Waals surface area contributed by atoms with Crippen molar-refractivity contribution in [1.29, 1.82) is 0 Å². The van der Waals surface area contributed by atoms with Crippen LogP contribution >= 0.6 is 0 Å². The highest BCUT2D eigenvalue weighted by Gasteiger charge is 2.35. The van der Waals surface area contributed by atoms with Crippen LogP contribution in [0.25, 0.3) is 0 Å². The van der Waals surface area contributed by atoms with E-state index in [9.17, 15) is 0 Å². The van der Waals surface area contributed by atoms with Crippen molar-refractivity contribution in [3.63, 3.8) is 0 Å². The maximum atomic E-state index is 3.84. The summed E-state index contributed by atoms with van der Waals surface area (Å²) in [6, 6.07) is 1.56. The molecule has 0 amide bonds. The maximum Gasteiger partial charge on any atom is 0.0258 e. The minimum Gasteiger partial charge on any atom is -0.314 e. The van der Waals surface area contributed by atoms with Gasteiger partial charge in [0.1, 0.15) is 0 Å². The van der Waals surface area contributed by atoms with Crippen LogP contribution in [0.5, 0.6) is 0 Å². The van der Waals surface area contributed by atoms with Crippen LogP contribution in [-0.2, 0) is 0 Å². The molecular weight excluding hydrogens is 210 g/mol. The fraction of sp³-hybridized carbons (Fsp3) is 1.00. The summed E-state index contributed by atoms with van der Waals surface area (Å²) in [4.78, 5) is 0. The molecule has 0 aromatic carbocycles. The number of hydrogen-bond donors (Lipinski definition) is 2. The van der Waals surface area contributed by atoms with Crippen molar-refractivity contribution in [2.45, 2.75) is 63.5 Å². The molecule has 2 N–H and O–H groups in total. The molecule has 2 heterocycles. The van der Waals surface area contributed by atoms with Gasteiger partial charge in [0.05, 0.1) is 0 Å². The third-order valence-corrected chi connectivity index (χ3v) is 4.89. The second kappa shape index (κ2) is 5.68. The first-order chi connectivity index (χ1) is 8.43. The number of hydrazine groups is 1. The molecule has 3 aliphatic rings. The number of piperidine rings is 1. The summed E-state index contributed by atoms with van der Waals surface area (Å²) in [6.45, 7) is 3.78. The molecule has 0 spiro atoms. The third kappa shape index (κ3) is 2.83. The molecule has 3 unspecified atom stereocenters. The van der Waals surface area contributed by atoms with E-state index in [1.807, 2.05) is 0 Å². The van der Waals surface area contributed by atoms with Gasteiger partial charge in [0.15, 0.2) is 0 Å². The van der Waals surface area contributed by atoms with Gasteiger partial charge in [-0.05, 0) is 51.0 Å². The summed E-state index contributed by atoms with van der Waals surface area (Å²) in [6.07, 6.45) is 11.2. The Hall–Kier alpha value is -0.120. The minimum absolute atomic E-state index is 0.753. The van der Waals surface area contributed by atoms with Gasteiger partial charge in [-0.25, -0.2) is 5.01 Å². The zero-order valence-electron chi connectivity index (χ0n) is 11.0. The van der Waals surface area contributed by atoms with E-state index in [0.29, 0.717) is 0 Å². The van der Waals surface area contributed by atoms with Crippen molar-refractivity contribution in [2.75, 3.05) is 19.6 Å². The van der Waals surface area contributed by atoms with E-state index in [1.165, 1.54) is 71.0 Å². The van der Waals surface area contributed by atoms with Crippen molar-refractivity contribution in [3.05, 3.63) is 0 Å². The Kier molecular flexibility index (Phi) is 3.99. The lowest BCUT2D eigenvalue weighted by molar-refractivity contribution is 0.108. The number of rotatable bonds is 3. The van der Waals surface area contributed by atoms with Crippen LogP contribution in [0.4, 0.5) is 0 Å². The van der Waals surface area contributed by atoms with Crippen LogP contribution in [0.15, 0.2) is 0 Å². The summed E-state index contributed by atoms with van der Waals surface area (Å²) in [5, 5.41) is 6.21. The normalized spacial score (nSPS) is 39.9. The van der Waals surface area contributed by atoms with Crippen molar-refractivity contribution >= 4 is 0 Å². The second-order valence-corrected chi connectivity index (χ2v) is 6.08. The molecule has 3 heteroatoms. The Balaban J connectivity index is 1.53. The second-order valence-electron chi connectivity index (χ2n) is 6.08. The Bertz CT molecular complexity index is 232. The van der Waals surface area contributed by atoms with E-state index < -0.39 is 0 Å². The summed E-state index contributed by atoms with van der Waals surface area (Å²) >= 11 is 0. The standard InChI is InChI=1S/C14H27N3/c1-2-10-17(11-3-1)16-14-7-4-6-12(14)13-8-5-9-15-13/h12-16H,1-11H2. The number of nitrogens with zero attached hydrogens (tertiary/aromatic N) is 1. The van der Waals surface area contributed by atoms with Gasteiger partial charge in [0, 0.05) is 25.2 Å². The number of hydrogen-bond acceptors (Lipinski definition) is 3. The van der Waals surface area contributed by atoms with Crippen LogP contribution in [-0.4, -0.2) is 36.7 Å². The molecule has 2 aliphatic heterocycles. The van der Waals surface area contributed by atoms with Crippen LogP contribution in [0.3, 0.4) is 0 Å². The van der Waals surface area contributed by atoms with Crippen LogP contribution in [0.1, 0.15) is 51.4 Å². The summed E-state index contributed by atoms with van der Waals surface area (Å²) in [5.41, 5.74) is 3.84. The van der Waals surface area contributed by atoms with E-state index in [0.717, 1.165) is 18.0 Å². The predicted molar refractivity (Wildman–Crippen MR) is 70.7 cm³/mol. The van der Waals surface area contributed by atoms with Crippen LogP contribution < -0.4 is 10.7 Å². The highest BCUT2D eigenvalue weighted by molar-refractivity contribution is 4.92. The average Bonchev–Trinajstić information content (AvgIpc) is 3.00. The van der Waals surface area contributed by atoms with E-state index in [2.05, 4.69) is 15.8 Å². The minimum atomic E-state index is 0.753.